The normalized spacial score (nSPS) is 13.1. The minimum Gasteiger partial charge on any atom is -0.456 e. The van der Waals surface area contributed by atoms with Gasteiger partial charge in [0, 0.05) is 33.4 Å². The molecule has 2 heterocycles. The summed E-state index contributed by atoms with van der Waals surface area (Å²) in [5, 5.41) is 2.24. The van der Waals surface area contributed by atoms with E-state index in [1.54, 1.807) is 0 Å². The Bertz CT molecular complexity index is 3520. The molecule has 3 heteroatoms. The second-order valence-corrected chi connectivity index (χ2v) is 16.8. The Morgan fingerprint density at radius 1 is 0.359 bits per heavy atom. The highest BCUT2D eigenvalue weighted by Gasteiger charge is 2.52. The first-order valence-corrected chi connectivity index (χ1v) is 22.0. The Morgan fingerprint density at radius 2 is 0.922 bits per heavy atom. The summed E-state index contributed by atoms with van der Waals surface area (Å²) < 4.78 is 6.24. The Hall–Kier alpha value is -8.40. The quantitative estimate of drug-likeness (QED) is 0.167. The smallest absolute Gasteiger partial charge is 0.135 e. The first-order valence-electron chi connectivity index (χ1n) is 22.0. The lowest BCUT2D eigenvalue weighted by atomic mass is 9.64. The van der Waals surface area contributed by atoms with E-state index in [0.717, 1.165) is 55.8 Å². The van der Waals surface area contributed by atoms with Crippen LogP contribution in [0.1, 0.15) is 22.3 Å². The molecule has 0 saturated carbocycles. The van der Waals surface area contributed by atoms with Crippen LogP contribution >= 0.6 is 0 Å². The van der Waals surface area contributed by atoms with Crippen molar-refractivity contribution in [1.29, 1.82) is 0 Å². The number of hydrogen-bond donors (Lipinski definition) is 0. The molecular formula is C61H40N2O. The Morgan fingerprint density at radius 3 is 1.70 bits per heavy atom. The van der Waals surface area contributed by atoms with Crippen LogP contribution in [0.25, 0.3) is 55.3 Å². The van der Waals surface area contributed by atoms with Crippen LogP contribution < -0.4 is 9.80 Å². The van der Waals surface area contributed by atoms with Crippen molar-refractivity contribution < 1.29 is 4.42 Å². The number of rotatable bonds is 6. The summed E-state index contributed by atoms with van der Waals surface area (Å²) in [5.74, 6) is 0. The first kappa shape index (κ1) is 36.3. The monoisotopic (exact) mass is 816 g/mol. The van der Waals surface area contributed by atoms with Crippen molar-refractivity contribution >= 4 is 56.1 Å². The fraction of sp³-hybridized carbons (Fsp3) is 0.0164. The van der Waals surface area contributed by atoms with Crippen LogP contribution in [0.3, 0.4) is 0 Å². The van der Waals surface area contributed by atoms with Gasteiger partial charge in [-0.25, -0.2) is 0 Å². The number of fused-ring (bicyclic) bond motifs is 12. The van der Waals surface area contributed by atoms with Crippen molar-refractivity contribution in [2.24, 2.45) is 0 Å². The zero-order valence-corrected chi connectivity index (χ0v) is 34.9. The van der Waals surface area contributed by atoms with Gasteiger partial charge >= 0.3 is 0 Å². The van der Waals surface area contributed by atoms with Crippen molar-refractivity contribution in [2.45, 2.75) is 5.41 Å². The molecule has 0 atom stereocenters. The van der Waals surface area contributed by atoms with Crippen molar-refractivity contribution in [3.63, 3.8) is 0 Å². The number of para-hydroxylation sites is 4. The second-order valence-electron chi connectivity index (χ2n) is 16.8. The van der Waals surface area contributed by atoms with E-state index in [9.17, 15) is 0 Å². The molecule has 1 aromatic heterocycles. The van der Waals surface area contributed by atoms with Gasteiger partial charge in [-0.2, -0.15) is 0 Å². The van der Waals surface area contributed by atoms with E-state index in [-0.39, 0.29) is 0 Å². The minimum atomic E-state index is -0.576. The fourth-order valence-corrected chi connectivity index (χ4v) is 10.8. The molecule has 13 rings (SSSR count). The molecule has 3 nitrogen and oxygen atoms in total. The molecule has 2 aliphatic rings. The third-order valence-corrected chi connectivity index (χ3v) is 13.4. The van der Waals surface area contributed by atoms with Gasteiger partial charge in [-0.15, -0.1) is 0 Å². The van der Waals surface area contributed by atoms with Crippen LogP contribution in [0.15, 0.2) is 247 Å². The van der Waals surface area contributed by atoms with Crippen molar-refractivity contribution in [3.05, 3.63) is 265 Å². The molecule has 0 saturated heterocycles. The molecule has 1 aliphatic carbocycles. The molecule has 0 N–H and O–H groups in total. The van der Waals surface area contributed by atoms with Crippen molar-refractivity contribution in [3.8, 4) is 33.4 Å². The van der Waals surface area contributed by atoms with E-state index >= 15 is 0 Å². The van der Waals surface area contributed by atoms with E-state index in [4.69, 9.17) is 4.42 Å². The molecule has 10 aromatic carbocycles. The summed E-state index contributed by atoms with van der Waals surface area (Å²) in [6, 6.07) is 88.4. The molecule has 0 amide bonds. The molecule has 0 bridgehead atoms. The summed E-state index contributed by atoms with van der Waals surface area (Å²) >= 11 is 0. The van der Waals surface area contributed by atoms with E-state index in [1.165, 1.54) is 55.9 Å². The lowest BCUT2D eigenvalue weighted by Crippen LogP contribution is -2.36. The lowest BCUT2D eigenvalue weighted by molar-refractivity contribution is 0.669. The van der Waals surface area contributed by atoms with Gasteiger partial charge in [0.05, 0.1) is 22.5 Å². The van der Waals surface area contributed by atoms with E-state index < -0.39 is 5.41 Å². The summed E-state index contributed by atoms with van der Waals surface area (Å²) in [4.78, 5) is 4.91. The Balaban J connectivity index is 1.05. The van der Waals surface area contributed by atoms with Crippen LogP contribution in [0.2, 0.25) is 0 Å². The summed E-state index contributed by atoms with van der Waals surface area (Å²) in [7, 11) is 0. The molecular weight excluding hydrogens is 777 g/mol. The molecule has 0 radical (unpaired) electrons. The van der Waals surface area contributed by atoms with E-state index in [2.05, 4.69) is 240 Å². The average Bonchev–Trinajstić information content (AvgIpc) is 3.89. The molecule has 1 aliphatic heterocycles. The molecule has 11 aromatic rings. The predicted octanol–water partition coefficient (Wildman–Crippen LogP) is 16.5. The molecule has 0 unspecified atom stereocenters. The topological polar surface area (TPSA) is 19.6 Å². The van der Waals surface area contributed by atoms with Crippen LogP contribution in [-0.2, 0) is 5.41 Å². The summed E-state index contributed by atoms with van der Waals surface area (Å²) in [6.07, 6.45) is 0. The van der Waals surface area contributed by atoms with Crippen LogP contribution in [-0.4, -0.2) is 0 Å². The van der Waals surface area contributed by atoms with Crippen molar-refractivity contribution in [1.82, 2.24) is 0 Å². The minimum absolute atomic E-state index is 0.576. The Kier molecular flexibility index (Phi) is 8.13. The SMILES string of the molecule is c1ccc(-c2ccc(N(c3cccc(-c4ccc5oc6ccccc6c5c4)c3)c3cccc4c3-c3ccccc3C43c4ccccc4N(c4ccccc4)c4ccccc43)cc2)cc1. The summed E-state index contributed by atoms with van der Waals surface area (Å²) in [6.45, 7) is 0. The highest BCUT2D eigenvalue weighted by Crippen LogP contribution is 2.65. The highest BCUT2D eigenvalue weighted by molar-refractivity contribution is 6.07. The van der Waals surface area contributed by atoms with Gasteiger partial charge < -0.3 is 14.2 Å². The van der Waals surface area contributed by atoms with E-state index in [1.807, 2.05) is 12.1 Å². The van der Waals surface area contributed by atoms with Gasteiger partial charge in [0.15, 0.2) is 0 Å². The van der Waals surface area contributed by atoms with Crippen molar-refractivity contribution in [2.75, 3.05) is 9.80 Å². The fourth-order valence-electron chi connectivity index (χ4n) is 10.8. The van der Waals surface area contributed by atoms with Gasteiger partial charge in [-0.3, -0.25) is 0 Å². The lowest BCUT2D eigenvalue weighted by Gasteiger charge is -2.45. The second kappa shape index (κ2) is 14.3. The van der Waals surface area contributed by atoms with E-state index in [0.29, 0.717) is 0 Å². The highest BCUT2D eigenvalue weighted by atomic mass is 16.3. The molecule has 300 valence electrons. The van der Waals surface area contributed by atoms with Crippen LogP contribution in [0, 0.1) is 0 Å². The number of hydrogen-bond acceptors (Lipinski definition) is 3. The standard InChI is InChI=1S/C61H40N2O/c1-3-17-41(18-4-1)42-33-36-46(37-34-42)62(47-22-15-19-43(39-47)44-35-38-59-50(40-44)48-23-8-14-32-58(48)64-59)57-31-16-28-54-60(57)49-24-7-9-25-51(49)61(54)52-26-10-12-29-55(52)63(45-20-5-2-6-21-45)56-30-13-11-27-53(56)61/h1-40H. The van der Waals surface area contributed by atoms with Gasteiger partial charge in [-0.1, -0.05) is 170 Å². The number of benzene rings is 10. The molecule has 1 spiro atoms. The third kappa shape index (κ3) is 5.34. The Labute approximate surface area is 372 Å². The third-order valence-electron chi connectivity index (χ3n) is 13.4. The summed E-state index contributed by atoms with van der Waals surface area (Å²) in [5.41, 5.74) is 20.2. The predicted molar refractivity (Wildman–Crippen MR) is 265 cm³/mol. The van der Waals surface area contributed by atoms with Gasteiger partial charge in [0.25, 0.3) is 0 Å². The van der Waals surface area contributed by atoms with Crippen LogP contribution in [0.4, 0.5) is 34.1 Å². The number of anilines is 6. The molecule has 0 fully saturated rings. The average molecular weight is 817 g/mol. The maximum atomic E-state index is 6.24. The maximum absolute atomic E-state index is 6.24. The number of nitrogens with zero attached hydrogens (tertiary/aromatic N) is 2. The van der Waals surface area contributed by atoms with Gasteiger partial charge in [-0.05, 0) is 123 Å². The van der Waals surface area contributed by atoms with Gasteiger partial charge in [0.2, 0.25) is 0 Å². The zero-order valence-electron chi connectivity index (χ0n) is 34.9. The van der Waals surface area contributed by atoms with Gasteiger partial charge in [0.1, 0.15) is 11.2 Å². The molecule has 64 heavy (non-hydrogen) atoms. The van der Waals surface area contributed by atoms with Crippen LogP contribution in [0.5, 0.6) is 0 Å². The number of furan rings is 1. The first-order chi connectivity index (χ1) is 31.8. The maximum Gasteiger partial charge on any atom is 0.135 e. The largest absolute Gasteiger partial charge is 0.456 e. The zero-order chi connectivity index (χ0) is 42.2.